The summed E-state index contributed by atoms with van der Waals surface area (Å²) in [5.74, 6) is -0.440. The van der Waals surface area contributed by atoms with Crippen LogP contribution in [-0.4, -0.2) is 20.5 Å². The van der Waals surface area contributed by atoms with Gasteiger partial charge in [0.1, 0.15) is 0 Å². The molecule has 2 heterocycles. The predicted molar refractivity (Wildman–Crippen MR) is 58.5 cm³/mol. The van der Waals surface area contributed by atoms with Gasteiger partial charge in [0.25, 0.3) is 0 Å². The summed E-state index contributed by atoms with van der Waals surface area (Å²) >= 11 is 1.48. The second kappa shape index (κ2) is 3.66. The lowest BCUT2D eigenvalue weighted by Crippen LogP contribution is -2.02. The van der Waals surface area contributed by atoms with Gasteiger partial charge >= 0.3 is 5.97 Å². The van der Waals surface area contributed by atoms with E-state index >= 15 is 0 Å². The summed E-state index contributed by atoms with van der Waals surface area (Å²) in [5.41, 5.74) is 1.80. The van der Waals surface area contributed by atoms with Crippen molar-refractivity contribution >= 4 is 22.3 Å². The van der Waals surface area contributed by atoms with Gasteiger partial charge in [-0.3, -0.25) is 9.20 Å². The van der Waals surface area contributed by atoms with Crippen LogP contribution < -0.4 is 0 Å². The minimum atomic E-state index is -0.811. The maximum Gasteiger partial charge on any atom is 0.309 e. The molecule has 15 heavy (non-hydrogen) atoms. The van der Waals surface area contributed by atoms with Gasteiger partial charge in [-0.2, -0.15) is 0 Å². The van der Waals surface area contributed by atoms with Crippen LogP contribution in [0.15, 0.2) is 11.6 Å². The highest BCUT2D eigenvalue weighted by molar-refractivity contribution is 7.15. The van der Waals surface area contributed by atoms with Crippen molar-refractivity contribution in [3.63, 3.8) is 0 Å². The zero-order chi connectivity index (χ0) is 11.0. The first kappa shape index (κ1) is 10.2. The zero-order valence-corrected chi connectivity index (χ0v) is 9.41. The zero-order valence-electron chi connectivity index (χ0n) is 8.60. The van der Waals surface area contributed by atoms with Gasteiger partial charge in [0.2, 0.25) is 0 Å². The second-order valence-electron chi connectivity index (χ2n) is 3.77. The molecule has 2 aromatic rings. The van der Waals surface area contributed by atoms with Gasteiger partial charge in [-0.1, -0.05) is 13.8 Å². The van der Waals surface area contributed by atoms with Crippen LogP contribution in [0.25, 0.3) is 4.96 Å². The molecule has 0 aromatic carbocycles. The van der Waals surface area contributed by atoms with Crippen molar-refractivity contribution in [3.8, 4) is 0 Å². The van der Waals surface area contributed by atoms with Gasteiger partial charge in [-0.15, -0.1) is 11.3 Å². The van der Waals surface area contributed by atoms with Gasteiger partial charge < -0.3 is 5.11 Å². The molecule has 80 valence electrons. The molecule has 0 unspecified atom stereocenters. The molecule has 0 aliphatic heterocycles. The molecule has 0 radical (unpaired) electrons. The summed E-state index contributed by atoms with van der Waals surface area (Å²) in [5, 5.41) is 10.6. The minimum absolute atomic E-state index is 0.0495. The number of rotatable bonds is 3. The molecule has 2 rings (SSSR count). The normalized spacial score (nSPS) is 11.4. The van der Waals surface area contributed by atoms with E-state index in [0.717, 1.165) is 16.3 Å². The summed E-state index contributed by atoms with van der Waals surface area (Å²) < 4.78 is 1.87. The molecule has 0 saturated heterocycles. The van der Waals surface area contributed by atoms with Crippen molar-refractivity contribution < 1.29 is 9.90 Å². The first-order chi connectivity index (χ1) is 7.08. The van der Waals surface area contributed by atoms with Crippen LogP contribution in [0.1, 0.15) is 31.2 Å². The van der Waals surface area contributed by atoms with Gasteiger partial charge in [-0.25, -0.2) is 4.98 Å². The van der Waals surface area contributed by atoms with Crippen LogP contribution in [0.3, 0.4) is 0 Å². The Morgan fingerprint density at radius 1 is 1.67 bits per heavy atom. The molecule has 0 bridgehead atoms. The lowest BCUT2D eigenvalue weighted by Gasteiger charge is -1.96. The molecular weight excluding hydrogens is 212 g/mol. The number of imidazole rings is 1. The molecule has 0 fully saturated rings. The first-order valence-corrected chi connectivity index (χ1v) is 5.63. The summed E-state index contributed by atoms with van der Waals surface area (Å²) in [4.78, 5) is 15.9. The molecule has 0 amide bonds. The third-order valence-electron chi connectivity index (χ3n) is 2.23. The van der Waals surface area contributed by atoms with Crippen molar-refractivity contribution in [2.24, 2.45) is 0 Å². The third-order valence-corrected chi connectivity index (χ3v) is 3.11. The summed E-state index contributed by atoms with van der Waals surface area (Å²) in [6.45, 7) is 4.15. The number of carboxylic acid groups (broad SMARTS) is 1. The molecule has 0 aliphatic rings. The fourth-order valence-electron chi connectivity index (χ4n) is 1.41. The maximum atomic E-state index is 10.6. The van der Waals surface area contributed by atoms with E-state index in [1.165, 1.54) is 11.3 Å². The van der Waals surface area contributed by atoms with Gasteiger partial charge in [0.05, 0.1) is 12.1 Å². The van der Waals surface area contributed by atoms with E-state index in [9.17, 15) is 4.79 Å². The molecule has 2 aromatic heterocycles. The monoisotopic (exact) mass is 224 g/mol. The van der Waals surface area contributed by atoms with Crippen molar-refractivity contribution in [1.29, 1.82) is 0 Å². The average molecular weight is 224 g/mol. The van der Waals surface area contributed by atoms with E-state index < -0.39 is 5.97 Å². The third kappa shape index (κ3) is 1.87. The molecule has 0 saturated carbocycles. The number of aliphatic carboxylic acids is 1. The Morgan fingerprint density at radius 3 is 3.00 bits per heavy atom. The van der Waals surface area contributed by atoms with E-state index in [-0.39, 0.29) is 6.42 Å². The Kier molecular flexibility index (Phi) is 2.48. The van der Waals surface area contributed by atoms with E-state index in [1.807, 2.05) is 16.0 Å². The second-order valence-corrected chi connectivity index (χ2v) is 4.61. The number of nitrogens with zero attached hydrogens (tertiary/aromatic N) is 2. The highest BCUT2D eigenvalue weighted by Crippen LogP contribution is 2.21. The van der Waals surface area contributed by atoms with Crippen LogP contribution in [0.2, 0.25) is 0 Å². The number of hydrogen-bond acceptors (Lipinski definition) is 3. The predicted octanol–water partition coefficient (Wildman–Crippen LogP) is 2.15. The largest absolute Gasteiger partial charge is 0.481 e. The number of aromatic nitrogens is 2. The van der Waals surface area contributed by atoms with E-state index in [1.54, 1.807) is 0 Å². The van der Waals surface area contributed by atoms with Crippen LogP contribution in [0.5, 0.6) is 0 Å². The first-order valence-electron chi connectivity index (χ1n) is 4.75. The number of hydrogen-bond donors (Lipinski definition) is 1. The standard InChI is InChI=1S/C10H12N2O2S/c1-6(2)8-4-12-7(3-9(13)14)5-15-10(12)11-8/h4-6H,3H2,1-2H3,(H,13,14). The molecule has 0 atom stereocenters. The Hall–Kier alpha value is -1.36. The highest BCUT2D eigenvalue weighted by Gasteiger charge is 2.11. The van der Waals surface area contributed by atoms with Crippen molar-refractivity contribution in [3.05, 3.63) is 23.0 Å². The van der Waals surface area contributed by atoms with E-state index in [4.69, 9.17) is 5.11 Å². The van der Waals surface area contributed by atoms with Crippen LogP contribution in [0.4, 0.5) is 0 Å². The molecule has 0 spiro atoms. The van der Waals surface area contributed by atoms with Gasteiger partial charge in [0, 0.05) is 17.3 Å². The lowest BCUT2D eigenvalue weighted by molar-refractivity contribution is -0.136. The van der Waals surface area contributed by atoms with Crippen LogP contribution in [0, 0.1) is 0 Å². The quantitative estimate of drug-likeness (QED) is 0.869. The number of fused-ring (bicyclic) bond motifs is 1. The lowest BCUT2D eigenvalue weighted by atomic mass is 10.2. The molecule has 1 N–H and O–H groups in total. The van der Waals surface area contributed by atoms with Gasteiger partial charge in [-0.05, 0) is 5.92 Å². The maximum absolute atomic E-state index is 10.6. The Morgan fingerprint density at radius 2 is 2.40 bits per heavy atom. The summed E-state index contributed by atoms with van der Waals surface area (Å²) in [6, 6.07) is 0. The minimum Gasteiger partial charge on any atom is -0.481 e. The Labute approximate surface area is 91.2 Å². The summed E-state index contributed by atoms with van der Waals surface area (Å²) in [6.07, 6.45) is 1.97. The van der Waals surface area contributed by atoms with E-state index in [2.05, 4.69) is 18.8 Å². The SMILES string of the molecule is CC(C)c1cn2c(CC(=O)O)csc2n1. The van der Waals surface area contributed by atoms with Crippen molar-refractivity contribution in [1.82, 2.24) is 9.38 Å². The van der Waals surface area contributed by atoms with Crippen molar-refractivity contribution in [2.45, 2.75) is 26.2 Å². The number of carboxylic acids is 1. The van der Waals surface area contributed by atoms with Crippen LogP contribution >= 0.6 is 11.3 Å². The Balaban J connectivity index is 2.44. The smallest absolute Gasteiger partial charge is 0.309 e. The highest BCUT2D eigenvalue weighted by atomic mass is 32.1. The van der Waals surface area contributed by atoms with Crippen molar-refractivity contribution in [2.75, 3.05) is 0 Å². The fourth-order valence-corrected chi connectivity index (χ4v) is 2.29. The number of thiazole rings is 1. The van der Waals surface area contributed by atoms with Gasteiger partial charge in [0.15, 0.2) is 4.96 Å². The molecular formula is C10H12N2O2S. The fraction of sp³-hybridized carbons (Fsp3) is 0.400. The Bertz CT molecular complexity index is 498. The average Bonchev–Trinajstić information content (AvgIpc) is 2.66. The summed E-state index contributed by atoms with van der Waals surface area (Å²) in [7, 11) is 0. The number of carbonyl (C=O) groups is 1. The van der Waals surface area contributed by atoms with Crippen LogP contribution in [-0.2, 0) is 11.2 Å². The van der Waals surface area contributed by atoms with E-state index in [0.29, 0.717) is 5.92 Å². The molecule has 4 nitrogen and oxygen atoms in total. The molecule has 5 heteroatoms. The molecule has 0 aliphatic carbocycles. The topological polar surface area (TPSA) is 54.6 Å².